The predicted molar refractivity (Wildman–Crippen MR) is 153 cm³/mol. The number of nitrogens with one attached hydrogen (secondary N) is 6. The lowest BCUT2D eigenvalue weighted by Gasteiger charge is -2.33. The van der Waals surface area contributed by atoms with E-state index in [2.05, 4.69) is 31.9 Å². The van der Waals surface area contributed by atoms with E-state index in [-0.39, 0.29) is 50.0 Å². The molecule has 0 aliphatic carbocycles. The Labute approximate surface area is 245 Å². The van der Waals surface area contributed by atoms with Crippen LogP contribution >= 0.6 is 11.6 Å². The number of rotatable bonds is 9. The van der Waals surface area contributed by atoms with Crippen molar-refractivity contribution in [3.05, 3.63) is 35.9 Å². The van der Waals surface area contributed by atoms with E-state index in [4.69, 9.17) is 11.6 Å². The molecule has 0 aromatic heterocycles. The number of carbonyl (C=O) groups is 6. The summed E-state index contributed by atoms with van der Waals surface area (Å²) in [6.45, 7) is 6.82. The Bertz CT molecular complexity index is 1100. The lowest BCUT2D eigenvalue weighted by atomic mass is 9.94. The summed E-state index contributed by atoms with van der Waals surface area (Å²) in [5, 5.41) is 16.3. The van der Waals surface area contributed by atoms with E-state index >= 15 is 0 Å². The molecule has 1 aromatic carbocycles. The zero-order chi connectivity index (χ0) is 30.6. The van der Waals surface area contributed by atoms with Gasteiger partial charge in [-0.25, -0.2) is 0 Å². The van der Waals surface area contributed by atoms with Crippen LogP contribution in [0.1, 0.15) is 65.0 Å². The van der Waals surface area contributed by atoms with Crippen LogP contribution in [0.5, 0.6) is 0 Å². The number of hydrogen-bond acceptors (Lipinski definition) is 6. The van der Waals surface area contributed by atoms with E-state index in [1.54, 1.807) is 51.1 Å². The lowest BCUT2D eigenvalue weighted by molar-refractivity contribution is -0.138. The van der Waals surface area contributed by atoms with Crippen LogP contribution in [0.3, 0.4) is 0 Å². The average Bonchev–Trinajstić information content (AvgIpc) is 2.95. The summed E-state index contributed by atoms with van der Waals surface area (Å²) in [5.41, 5.74) is -0.933. The predicted octanol–water partition coefficient (Wildman–Crippen LogP) is 0.410. The van der Waals surface area contributed by atoms with Gasteiger partial charge in [-0.05, 0) is 38.2 Å². The molecule has 0 spiro atoms. The average molecular weight is 593 g/mol. The van der Waals surface area contributed by atoms with E-state index in [1.165, 1.54) is 6.92 Å². The molecule has 1 aliphatic rings. The molecule has 1 heterocycles. The fraction of sp³-hybridized carbons (Fsp3) is 0.571. The van der Waals surface area contributed by atoms with E-state index in [9.17, 15) is 28.8 Å². The summed E-state index contributed by atoms with van der Waals surface area (Å²) in [4.78, 5) is 77.6. The highest BCUT2D eigenvalue weighted by Gasteiger charge is 2.38. The highest BCUT2D eigenvalue weighted by molar-refractivity contribution is 6.27. The third kappa shape index (κ3) is 10.0. The van der Waals surface area contributed by atoms with Crippen LogP contribution in [-0.4, -0.2) is 72.0 Å². The molecule has 1 unspecified atom stereocenters. The lowest BCUT2D eigenvalue weighted by Crippen LogP contribution is -2.63. The second-order valence-corrected chi connectivity index (χ2v) is 10.8. The molecule has 1 aliphatic heterocycles. The topological polar surface area (TPSA) is 175 Å². The normalized spacial score (nSPS) is 24.3. The third-order valence-corrected chi connectivity index (χ3v) is 7.05. The Morgan fingerprint density at radius 1 is 1.00 bits per heavy atom. The summed E-state index contributed by atoms with van der Waals surface area (Å²) in [7, 11) is 0. The van der Waals surface area contributed by atoms with Crippen molar-refractivity contribution in [3.8, 4) is 0 Å². The molecule has 41 heavy (non-hydrogen) atoms. The van der Waals surface area contributed by atoms with E-state index in [1.807, 2.05) is 0 Å². The van der Waals surface area contributed by atoms with Crippen molar-refractivity contribution in [2.75, 3.05) is 19.0 Å². The fourth-order valence-electron chi connectivity index (χ4n) is 4.17. The molecule has 1 saturated heterocycles. The van der Waals surface area contributed by atoms with Gasteiger partial charge < -0.3 is 31.9 Å². The molecular formula is C28H41ClN6O6. The van der Waals surface area contributed by atoms with Gasteiger partial charge in [0.2, 0.25) is 35.4 Å². The van der Waals surface area contributed by atoms with Crippen LogP contribution < -0.4 is 31.9 Å². The molecule has 6 amide bonds. The molecule has 13 heteroatoms. The van der Waals surface area contributed by atoms with Gasteiger partial charge in [0.05, 0.1) is 0 Å². The largest absolute Gasteiger partial charge is 0.355 e. The zero-order valence-electron chi connectivity index (χ0n) is 24.0. The van der Waals surface area contributed by atoms with Gasteiger partial charge in [-0.1, -0.05) is 51.1 Å². The van der Waals surface area contributed by atoms with Crippen molar-refractivity contribution >= 4 is 47.0 Å². The Balaban J connectivity index is 2.42. The minimum absolute atomic E-state index is 0.00113. The summed E-state index contributed by atoms with van der Waals surface area (Å²) in [5.74, 6) is -3.67. The molecule has 1 aromatic rings. The SMILES string of the molecule is CC[C@@H]1NC(=O)C(CCCNC(=O)CCl)NC(=O)[C@](C)(NC(=O)C(C)C)CCNC(=O)[C@@H](c2ccccc2)NC1=O. The van der Waals surface area contributed by atoms with Gasteiger partial charge >= 0.3 is 0 Å². The molecule has 6 N–H and O–H groups in total. The van der Waals surface area contributed by atoms with E-state index < -0.39 is 53.2 Å². The molecule has 226 valence electrons. The second kappa shape index (κ2) is 15.9. The first kappa shape index (κ1) is 33.5. The zero-order valence-corrected chi connectivity index (χ0v) is 24.7. The maximum absolute atomic E-state index is 13.6. The van der Waals surface area contributed by atoms with Crippen molar-refractivity contribution < 1.29 is 28.8 Å². The Morgan fingerprint density at radius 3 is 2.27 bits per heavy atom. The van der Waals surface area contributed by atoms with Crippen LogP contribution in [0.2, 0.25) is 0 Å². The first-order valence-corrected chi connectivity index (χ1v) is 14.3. The maximum atomic E-state index is 13.6. The van der Waals surface area contributed by atoms with Crippen LogP contribution in [-0.2, 0) is 28.8 Å². The van der Waals surface area contributed by atoms with Crippen molar-refractivity contribution in [1.29, 1.82) is 0 Å². The van der Waals surface area contributed by atoms with Gasteiger partial charge in [-0.2, -0.15) is 0 Å². The molecule has 0 bridgehead atoms. The van der Waals surface area contributed by atoms with E-state index in [0.717, 1.165) is 0 Å². The van der Waals surface area contributed by atoms with Gasteiger partial charge in [-0.3, -0.25) is 28.8 Å². The van der Waals surface area contributed by atoms with Gasteiger partial charge in [0.25, 0.3) is 0 Å². The minimum atomic E-state index is -1.47. The summed E-state index contributed by atoms with van der Waals surface area (Å²) in [6.07, 6.45) is 0.687. The smallest absolute Gasteiger partial charge is 0.247 e. The van der Waals surface area contributed by atoms with Crippen LogP contribution in [0, 0.1) is 5.92 Å². The molecule has 1 fully saturated rings. The Hall–Kier alpha value is -3.67. The van der Waals surface area contributed by atoms with Gasteiger partial charge in [0.1, 0.15) is 29.5 Å². The first-order valence-electron chi connectivity index (χ1n) is 13.8. The van der Waals surface area contributed by atoms with Gasteiger partial charge in [0.15, 0.2) is 0 Å². The fourth-order valence-corrected chi connectivity index (χ4v) is 4.26. The summed E-state index contributed by atoms with van der Waals surface area (Å²) < 4.78 is 0. The Morgan fingerprint density at radius 2 is 1.66 bits per heavy atom. The van der Waals surface area contributed by atoms with Crippen molar-refractivity contribution in [3.63, 3.8) is 0 Å². The van der Waals surface area contributed by atoms with Crippen LogP contribution in [0.15, 0.2) is 30.3 Å². The van der Waals surface area contributed by atoms with Crippen molar-refractivity contribution in [1.82, 2.24) is 31.9 Å². The molecule has 4 atom stereocenters. The first-order chi connectivity index (χ1) is 19.4. The second-order valence-electron chi connectivity index (χ2n) is 10.5. The molecule has 2 rings (SSSR count). The number of halogens is 1. The van der Waals surface area contributed by atoms with Crippen molar-refractivity contribution in [2.45, 2.75) is 77.0 Å². The maximum Gasteiger partial charge on any atom is 0.247 e. The Kier molecular flexibility index (Phi) is 13.0. The van der Waals surface area contributed by atoms with Crippen molar-refractivity contribution in [2.24, 2.45) is 5.92 Å². The molecule has 0 saturated carbocycles. The van der Waals surface area contributed by atoms with Gasteiger partial charge in [-0.15, -0.1) is 11.6 Å². The summed E-state index contributed by atoms with van der Waals surface area (Å²) >= 11 is 5.52. The standard InChI is InChI=1S/C28H41ClN6O6/c1-5-19-24(38)34-22(18-10-7-6-8-11-18)26(40)31-15-13-28(4,35-23(37)17(2)3)27(41)33-20(25(39)32-19)12-9-14-30-21(36)16-29/h6-8,10-11,17,19-20,22H,5,9,12-16H2,1-4H3,(H,30,36)(H,31,40)(H,32,39)(H,33,41)(H,34,38)(H,35,37)/t19-,20?,22+,28+/m0/s1. The quantitative estimate of drug-likeness (QED) is 0.179. The third-order valence-electron chi connectivity index (χ3n) is 6.81. The van der Waals surface area contributed by atoms with Crippen LogP contribution in [0.4, 0.5) is 0 Å². The van der Waals surface area contributed by atoms with Gasteiger partial charge in [0, 0.05) is 19.0 Å². The highest BCUT2D eigenvalue weighted by Crippen LogP contribution is 2.17. The molecule has 12 nitrogen and oxygen atoms in total. The summed E-state index contributed by atoms with van der Waals surface area (Å²) in [6, 6.07) is 5.54. The monoisotopic (exact) mass is 592 g/mol. The molecular weight excluding hydrogens is 552 g/mol. The number of amides is 6. The number of hydrogen-bond donors (Lipinski definition) is 6. The minimum Gasteiger partial charge on any atom is -0.355 e. The highest BCUT2D eigenvalue weighted by atomic mass is 35.5. The molecule has 0 radical (unpaired) electrons. The number of benzene rings is 1. The van der Waals surface area contributed by atoms with E-state index in [0.29, 0.717) is 12.0 Å². The number of carbonyl (C=O) groups excluding carboxylic acids is 6. The van der Waals surface area contributed by atoms with Crippen LogP contribution in [0.25, 0.3) is 0 Å². The number of alkyl halides is 1.